The van der Waals surface area contributed by atoms with Gasteiger partial charge in [0.15, 0.2) is 0 Å². The number of carbonyl (C=O) groups excluding carboxylic acids is 1. The van der Waals surface area contributed by atoms with Crippen LogP contribution < -0.4 is 4.90 Å². The lowest BCUT2D eigenvalue weighted by molar-refractivity contribution is 0.0985. The number of thiazole rings is 1. The number of amides is 1. The van der Waals surface area contributed by atoms with Crippen molar-refractivity contribution in [2.45, 2.75) is 6.54 Å². The smallest absolute Gasteiger partial charge is 0.258 e. The molecular formula is C22H15ClFN3OS. The van der Waals surface area contributed by atoms with Gasteiger partial charge in [0.2, 0.25) is 0 Å². The second-order valence-corrected chi connectivity index (χ2v) is 7.55. The number of hydrogen-bond donors (Lipinski definition) is 0. The van der Waals surface area contributed by atoms with Crippen molar-refractivity contribution < 1.29 is 9.18 Å². The van der Waals surface area contributed by atoms with Gasteiger partial charge in [0.1, 0.15) is 10.8 Å². The molecular weight excluding hydrogens is 409 g/mol. The van der Waals surface area contributed by atoms with Crippen molar-refractivity contribution in [1.82, 2.24) is 9.97 Å². The Hall–Kier alpha value is -3.09. The van der Waals surface area contributed by atoms with E-state index in [-0.39, 0.29) is 18.3 Å². The Kier molecular flexibility index (Phi) is 5.64. The number of anilines is 1. The maximum absolute atomic E-state index is 13.4. The van der Waals surface area contributed by atoms with Gasteiger partial charge in [-0.25, -0.2) is 9.37 Å². The van der Waals surface area contributed by atoms with Gasteiger partial charge < -0.3 is 4.90 Å². The monoisotopic (exact) mass is 423 g/mol. The normalized spacial score (nSPS) is 10.7. The molecule has 0 aliphatic heterocycles. The zero-order valence-corrected chi connectivity index (χ0v) is 16.7. The Morgan fingerprint density at radius 1 is 1.00 bits per heavy atom. The molecule has 0 radical (unpaired) electrons. The molecule has 0 aliphatic carbocycles. The third kappa shape index (κ3) is 4.50. The van der Waals surface area contributed by atoms with Crippen LogP contribution in [0.3, 0.4) is 0 Å². The molecule has 0 bridgehead atoms. The van der Waals surface area contributed by atoms with Crippen molar-refractivity contribution in [2.24, 2.45) is 0 Å². The molecule has 0 N–H and O–H groups in total. The summed E-state index contributed by atoms with van der Waals surface area (Å²) < 4.78 is 13.4. The van der Waals surface area contributed by atoms with E-state index in [1.807, 2.05) is 17.5 Å². The molecule has 29 heavy (non-hydrogen) atoms. The first-order chi connectivity index (χ1) is 14.1. The number of hydrogen-bond acceptors (Lipinski definition) is 4. The molecule has 0 atom stereocenters. The number of benzene rings is 2. The van der Waals surface area contributed by atoms with Crippen LogP contribution in [-0.2, 0) is 6.54 Å². The van der Waals surface area contributed by atoms with Crippen LogP contribution in [0.15, 0.2) is 78.4 Å². The highest BCUT2D eigenvalue weighted by Crippen LogP contribution is 2.26. The maximum Gasteiger partial charge on any atom is 0.258 e. The maximum atomic E-state index is 13.4. The standard InChI is InChI=1S/C22H15ClFN3OS/c23-17-3-1-16(2-4-17)22(28)27(20-7-5-18(24)6-8-20)13-19-14-29-21(26-19)15-9-11-25-12-10-15/h1-12,14H,13H2. The Labute approximate surface area is 176 Å². The molecule has 7 heteroatoms. The number of halogens is 2. The van der Waals surface area contributed by atoms with Gasteiger partial charge in [0.25, 0.3) is 5.91 Å². The number of pyridine rings is 1. The second kappa shape index (κ2) is 8.51. The molecule has 0 fully saturated rings. The molecule has 2 aromatic heterocycles. The summed E-state index contributed by atoms with van der Waals surface area (Å²) in [5.41, 5.74) is 2.79. The van der Waals surface area contributed by atoms with Crippen molar-refractivity contribution in [1.29, 1.82) is 0 Å². The molecule has 0 aliphatic rings. The van der Waals surface area contributed by atoms with Crippen LogP contribution in [0, 0.1) is 5.82 Å². The van der Waals surface area contributed by atoms with E-state index in [1.165, 1.54) is 23.5 Å². The van der Waals surface area contributed by atoms with E-state index in [9.17, 15) is 9.18 Å². The average molecular weight is 424 g/mol. The lowest BCUT2D eigenvalue weighted by Crippen LogP contribution is -2.30. The molecule has 2 heterocycles. The third-order valence-electron chi connectivity index (χ3n) is 4.27. The molecule has 144 valence electrons. The van der Waals surface area contributed by atoms with E-state index in [0.29, 0.717) is 16.3 Å². The molecule has 0 spiro atoms. The fourth-order valence-corrected chi connectivity index (χ4v) is 3.76. The van der Waals surface area contributed by atoms with Crippen molar-refractivity contribution >= 4 is 34.5 Å². The predicted molar refractivity (Wildman–Crippen MR) is 114 cm³/mol. The second-order valence-electron chi connectivity index (χ2n) is 6.25. The third-order valence-corrected chi connectivity index (χ3v) is 5.47. The van der Waals surface area contributed by atoms with Crippen molar-refractivity contribution in [3.8, 4) is 10.6 Å². The van der Waals surface area contributed by atoms with Crippen molar-refractivity contribution in [2.75, 3.05) is 4.90 Å². The first kappa shape index (κ1) is 19.2. The molecule has 1 amide bonds. The highest BCUT2D eigenvalue weighted by molar-refractivity contribution is 7.13. The van der Waals surface area contributed by atoms with Crippen molar-refractivity contribution in [3.05, 3.63) is 101 Å². The minimum absolute atomic E-state index is 0.216. The summed E-state index contributed by atoms with van der Waals surface area (Å²) in [5, 5.41) is 3.32. The minimum Gasteiger partial charge on any atom is -0.302 e. The lowest BCUT2D eigenvalue weighted by Gasteiger charge is -2.22. The molecule has 2 aromatic carbocycles. The Bertz CT molecular complexity index is 1120. The van der Waals surface area contributed by atoms with E-state index in [2.05, 4.69) is 9.97 Å². The Morgan fingerprint density at radius 3 is 2.38 bits per heavy atom. The summed E-state index contributed by atoms with van der Waals surface area (Å²) in [5.74, 6) is -0.576. The van der Waals surface area contributed by atoms with E-state index in [1.54, 1.807) is 53.7 Å². The van der Waals surface area contributed by atoms with Gasteiger partial charge in [-0.3, -0.25) is 9.78 Å². The molecule has 0 unspecified atom stereocenters. The fraction of sp³-hybridized carbons (Fsp3) is 0.0455. The van der Waals surface area contributed by atoms with Crippen LogP contribution in [0.1, 0.15) is 16.1 Å². The molecule has 0 saturated carbocycles. The van der Waals surface area contributed by atoms with Crippen LogP contribution in [0.4, 0.5) is 10.1 Å². The number of aromatic nitrogens is 2. The Balaban J connectivity index is 1.65. The zero-order valence-electron chi connectivity index (χ0n) is 15.1. The largest absolute Gasteiger partial charge is 0.302 e. The minimum atomic E-state index is -0.360. The van der Waals surface area contributed by atoms with Crippen LogP contribution >= 0.6 is 22.9 Å². The molecule has 4 rings (SSSR count). The summed E-state index contributed by atoms with van der Waals surface area (Å²) in [7, 11) is 0. The summed E-state index contributed by atoms with van der Waals surface area (Å²) in [6.07, 6.45) is 3.43. The van der Waals surface area contributed by atoms with E-state index in [4.69, 9.17) is 11.6 Å². The van der Waals surface area contributed by atoms with Gasteiger partial charge in [-0.15, -0.1) is 11.3 Å². The number of carbonyl (C=O) groups is 1. The highest BCUT2D eigenvalue weighted by Gasteiger charge is 2.20. The van der Waals surface area contributed by atoms with Gasteiger partial charge in [-0.1, -0.05) is 11.6 Å². The average Bonchev–Trinajstić information content (AvgIpc) is 3.22. The zero-order chi connectivity index (χ0) is 20.2. The highest BCUT2D eigenvalue weighted by atomic mass is 35.5. The van der Waals surface area contributed by atoms with Crippen LogP contribution in [0.5, 0.6) is 0 Å². The van der Waals surface area contributed by atoms with Gasteiger partial charge in [0.05, 0.1) is 12.2 Å². The van der Waals surface area contributed by atoms with Gasteiger partial charge in [-0.2, -0.15) is 0 Å². The first-order valence-corrected chi connectivity index (χ1v) is 10.0. The van der Waals surface area contributed by atoms with Gasteiger partial charge >= 0.3 is 0 Å². The van der Waals surface area contributed by atoms with Crippen LogP contribution in [0.25, 0.3) is 10.6 Å². The van der Waals surface area contributed by atoms with E-state index < -0.39 is 0 Å². The van der Waals surface area contributed by atoms with E-state index in [0.717, 1.165) is 16.3 Å². The van der Waals surface area contributed by atoms with Gasteiger partial charge in [-0.05, 0) is 60.7 Å². The van der Waals surface area contributed by atoms with E-state index >= 15 is 0 Å². The predicted octanol–water partition coefficient (Wildman–Crippen LogP) is 5.84. The van der Waals surface area contributed by atoms with Crippen molar-refractivity contribution in [3.63, 3.8) is 0 Å². The first-order valence-electron chi connectivity index (χ1n) is 8.78. The summed E-state index contributed by atoms with van der Waals surface area (Å²) >= 11 is 7.44. The summed E-state index contributed by atoms with van der Waals surface area (Å²) in [4.78, 5) is 23.4. The molecule has 0 saturated heterocycles. The summed E-state index contributed by atoms with van der Waals surface area (Å²) in [6, 6.07) is 16.3. The number of rotatable bonds is 5. The molecule has 4 aromatic rings. The topological polar surface area (TPSA) is 46.1 Å². The fourth-order valence-electron chi connectivity index (χ4n) is 2.82. The molecule has 4 nitrogen and oxygen atoms in total. The quantitative estimate of drug-likeness (QED) is 0.405. The lowest BCUT2D eigenvalue weighted by atomic mass is 10.1. The van der Waals surface area contributed by atoms with Crippen LogP contribution in [-0.4, -0.2) is 15.9 Å². The Morgan fingerprint density at radius 2 is 1.69 bits per heavy atom. The summed E-state index contributed by atoms with van der Waals surface area (Å²) in [6.45, 7) is 0.259. The van der Waals surface area contributed by atoms with Crippen LogP contribution in [0.2, 0.25) is 5.02 Å². The number of nitrogens with zero attached hydrogens (tertiary/aromatic N) is 3. The van der Waals surface area contributed by atoms with Gasteiger partial charge in [0, 0.05) is 39.6 Å². The SMILES string of the molecule is O=C(c1ccc(Cl)cc1)N(Cc1csc(-c2ccncc2)n1)c1ccc(F)cc1.